The Balaban J connectivity index is 1.96. The molecule has 0 nitrogen and oxygen atoms in total. The maximum absolute atomic E-state index is 2.29. The van der Waals surface area contributed by atoms with Crippen molar-refractivity contribution >= 4 is 19.2 Å². The first-order valence-electron chi connectivity index (χ1n) is 9.31. The average Bonchev–Trinajstić information content (AvgIpc) is 2.70. The minimum atomic E-state index is 0.636. The Hall–Kier alpha value is -2.69. The predicted molar refractivity (Wildman–Crippen MR) is 121 cm³/mol. The molecule has 0 amide bonds. The summed E-state index contributed by atoms with van der Waals surface area (Å²) < 4.78 is 0. The zero-order valence-corrected chi connectivity index (χ0v) is 16.7. The van der Waals surface area contributed by atoms with Crippen molar-refractivity contribution in [2.75, 3.05) is 0 Å². The molecule has 0 heterocycles. The number of hydrogen-bond acceptors (Lipinski definition) is 0. The van der Waals surface area contributed by atoms with E-state index < -0.39 is 0 Å². The van der Waals surface area contributed by atoms with E-state index in [9.17, 15) is 0 Å². The fraction of sp³-hybridized carbons (Fsp3) is 0.0769. The molecule has 1 unspecified atom stereocenters. The summed E-state index contributed by atoms with van der Waals surface area (Å²) >= 11 is 0. The molecule has 0 saturated carbocycles. The van der Waals surface area contributed by atoms with Gasteiger partial charge in [-0.3, -0.25) is 0 Å². The van der Waals surface area contributed by atoms with Crippen LogP contribution < -0.4 is 10.6 Å². The summed E-state index contributed by atoms with van der Waals surface area (Å²) in [6.45, 7) is 4.41. The molecule has 0 radical (unpaired) electrons. The molecule has 0 aliphatic heterocycles. The van der Waals surface area contributed by atoms with Crippen molar-refractivity contribution in [1.29, 1.82) is 0 Å². The Morgan fingerprint density at radius 3 is 1.70 bits per heavy atom. The van der Waals surface area contributed by atoms with Crippen molar-refractivity contribution in [2.45, 2.75) is 13.8 Å². The van der Waals surface area contributed by atoms with Gasteiger partial charge in [0, 0.05) is 0 Å². The topological polar surface area (TPSA) is 0 Å². The van der Waals surface area contributed by atoms with Crippen LogP contribution in [0.1, 0.15) is 11.1 Å². The lowest BCUT2D eigenvalue weighted by Gasteiger charge is -2.18. The van der Waals surface area contributed by atoms with Gasteiger partial charge in [0.05, 0.1) is 0 Å². The average molecular weight is 366 g/mol. The second-order valence-electron chi connectivity index (χ2n) is 6.85. The molecule has 0 aliphatic rings. The minimum absolute atomic E-state index is 0.636. The Morgan fingerprint density at radius 2 is 1.04 bits per heavy atom. The number of aryl methyl sites for hydroxylation is 2. The van der Waals surface area contributed by atoms with E-state index in [1.54, 1.807) is 0 Å². The lowest BCUT2D eigenvalue weighted by molar-refractivity contribution is 1.44. The van der Waals surface area contributed by atoms with Crippen LogP contribution in [0.15, 0.2) is 97.1 Å². The van der Waals surface area contributed by atoms with Crippen molar-refractivity contribution in [3.8, 4) is 22.3 Å². The molecular formula is C26H23P. The first kappa shape index (κ1) is 17.7. The van der Waals surface area contributed by atoms with Gasteiger partial charge in [-0.05, 0) is 57.8 Å². The quantitative estimate of drug-likeness (QED) is 0.374. The smallest absolute Gasteiger partial charge is 0.00249 e. The van der Waals surface area contributed by atoms with Crippen LogP contribution in [-0.4, -0.2) is 0 Å². The molecule has 4 aromatic rings. The fourth-order valence-corrected chi connectivity index (χ4v) is 4.82. The lowest BCUT2D eigenvalue weighted by Crippen LogP contribution is -2.08. The highest BCUT2D eigenvalue weighted by molar-refractivity contribution is 7.55. The van der Waals surface area contributed by atoms with E-state index in [1.165, 1.54) is 44.0 Å². The standard InChI is InChI=1S/C26H23P/c1-19-11-6-8-15-22(19)24-17-10-18-25(27-21-13-4-3-5-14-21)26(24)23-16-9-7-12-20(23)2/h3-18,27H,1-2H3. The molecule has 132 valence electrons. The van der Waals surface area contributed by atoms with Gasteiger partial charge in [0.15, 0.2) is 0 Å². The molecule has 0 spiro atoms. The highest BCUT2D eigenvalue weighted by Gasteiger charge is 2.15. The summed E-state index contributed by atoms with van der Waals surface area (Å²) in [7, 11) is 0.636. The maximum atomic E-state index is 2.29. The third-order valence-electron chi connectivity index (χ3n) is 4.97. The van der Waals surface area contributed by atoms with E-state index in [1.807, 2.05) is 0 Å². The Kier molecular flexibility index (Phi) is 5.19. The SMILES string of the molecule is Cc1ccccc1-c1cccc(Pc2ccccc2)c1-c1ccccc1C. The third kappa shape index (κ3) is 3.72. The molecule has 0 N–H and O–H groups in total. The van der Waals surface area contributed by atoms with Gasteiger partial charge in [0.1, 0.15) is 0 Å². The molecular weight excluding hydrogens is 343 g/mol. The van der Waals surface area contributed by atoms with Crippen LogP contribution in [0, 0.1) is 13.8 Å². The minimum Gasteiger partial charge on any atom is -0.0622 e. The normalized spacial score (nSPS) is 11.2. The molecule has 0 saturated heterocycles. The van der Waals surface area contributed by atoms with Crippen molar-refractivity contribution in [2.24, 2.45) is 0 Å². The first-order chi connectivity index (χ1) is 13.2. The van der Waals surface area contributed by atoms with Crippen LogP contribution >= 0.6 is 8.58 Å². The maximum Gasteiger partial charge on any atom is -0.00249 e. The first-order valence-corrected chi connectivity index (χ1v) is 10.3. The largest absolute Gasteiger partial charge is 0.0622 e. The summed E-state index contributed by atoms with van der Waals surface area (Å²) in [5.74, 6) is 0. The zero-order chi connectivity index (χ0) is 18.6. The van der Waals surface area contributed by atoms with Gasteiger partial charge in [-0.25, -0.2) is 0 Å². The van der Waals surface area contributed by atoms with E-state index in [4.69, 9.17) is 0 Å². The van der Waals surface area contributed by atoms with Crippen LogP contribution in [0.2, 0.25) is 0 Å². The molecule has 1 atom stereocenters. The van der Waals surface area contributed by atoms with Gasteiger partial charge in [0.2, 0.25) is 0 Å². The van der Waals surface area contributed by atoms with Gasteiger partial charge in [-0.15, -0.1) is 0 Å². The second-order valence-corrected chi connectivity index (χ2v) is 8.22. The highest BCUT2D eigenvalue weighted by atomic mass is 31.1. The summed E-state index contributed by atoms with van der Waals surface area (Å²) in [5.41, 5.74) is 7.96. The summed E-state index contributed by atoms with van der Waals surface area (Å²) in [6, 6.07) is 34.9. The van der Waals surface area contributed by atoms with Crippen LogP contribution in [0.5, 0.6) is 0 Å². The number of hydrogen-bond donors (Lipinski definition) is 0. The number of benzene rings is 4. The lowest BCUT2D eigenvalue weighted by atomic mass is 9.90. The van der Waals surface area contributed by atoms with Crippen LogP contribution in [0.3, 0.4) is 0 Å². The molecule has 0 aliphatic carbocycles. The monoisotopic (exact) mass is 366 g/mol. The summed E-state index contributed by atoms with van der Waals surface area (Å²) in [6.07, 6.45) is 0. The second kappa shape index (κ2) is 7.91. The molecule has 4 rings (SSSR count). The Labute approximate surface area is 163 Å². The van der Waals surface area contributed by atoms with Gasteiger partial charge in [-0.1, -0.05) is 106 Å². The van der Waals surface area contributed by atoms with E-state index in [2.05, 4.69) is 111 Å². The van der Waals surface area contributed by atoms with Gasteiger partial charge >= 0.3 is 0 Å². The van der Waals surface area contributed by atoms with Gasteiger partial charge in [-0.2, -0.15) is 0 Å². The molecule has 1 heteroatoms. The van der Waals surface area contributed by atoms with Crippen molar-refractivity contribution in [1.82, 2.24) is 0 Å². The third-order valence-corrected chi connectivity index (χ3v) is 6.27. The molecule has 4 aromatic carbocycles. The van der Waals surface area contributed by atoms with Gasteiger partial charge in [0.25, 0.3) is 0 Å². The van der Waals surface area contributed by atoms with Crippen molar-refractivity contribution in [3.63, 3.8) is 0 Å². The van der Waals surface area contributed by atoms with Crippen LogP contribution in [0.25, 0.3) is 22.3 Å². The molecule has 0 bridgehead atoms. The molecule has 0 aromatic heterocycles. The van der Waals surface area contributed by atoms with Crippen molar-refractivity contribution in [3.05, 3.63) is 108 Å². The fourth-order valence-electron chi connectivity index (χ4n) is 3.58. The summed E-state index contributed by atoms with van der Waals surface area (Å²) in [4.78, 5) is 0. The Morgan fingerprint density at radius 1 is 0.481 bits per heavy atom. The molecule has 0 fully saturated rings. The molecule has 27 heavy (non-hydrogen) atoms. The van der Waals surface area contributed by atoms with Crippen LogP contribution in [0.4, 0.5) is 0 Å². The summed E-state index contributed by atoms with van der Waals surface area (Å²) in [5, 5.41) is 2.77. The number of rotatable bonds is 4. The van der Waals surface area contributed by atoms with E-state index >= 15 is 0 Å². The predicted octanol–water partition coefficient (Wildman–Crippen LogP) is 6.27. The van der Waals surface area contributed by atoms with E-state index in [0.717, 1.165) is 0 Å². The van der Waals surface area contributed by atoms with Crippen LogP contribution in [-0.2, 0) is 0 Å². The van der Waals surface area contributed by atoms with Crippen molar-refractivity contribution < 1.29 is 0 Å². The van der Waals surface area contributed by atoms with E-state index in [0.29, 0.717) is 8.58 Å². The van der Waals surface area contributed by atoms with E-state index in [-0.39, 0.29) is 0 Å². The Bertz CT molecular complexity index is 1060. The highest BCUT2D eigenvalue weighted by Crippen LogP contribution is 2.36. The van der Waals surface area contributed by atoms with Gasteiger partial charge < -0.3 is 0 Å². The zero-order valence-electron chi connectivity index (χ0n) is 15.7.